The Labute approximate surface area is 124 Å². The van der Waals surface area contributed by atoms with Crippen LogP contribution >= 0.6 is 11.8 Å². The summed E-state index contributed by atoms with van der Waals surface area (Å²) < 4.78 is 4.91. The van der Waals surface area contributed by atoms with Gasteiger partial charge in [0.05, 0.1) is 16.9 Å². The number of ether oxygens (including phenoxy) is 1. The average Bonchev–Trinajstić information content (AvgIpc) is 2.72. The van der Waals surface area contributed by atoms with E-state index in [2.05, 4.69) is 0 Å². The minimum Gasteiger partial charge on any atom is -0.490 e. The summed E-state index contributed by atoms with van der Waals surface area (Å²) in [5, 5.41) is 10.6. The number of amides is 2. The number of nitrogens with zero attached hydrogens (tertiary/aromatic N) is 2. The summed E-state index contributed by atoms with van der Waals surface area (Å²) in [5.41, 5.74) is 0.269. The number of likely N-dealkylation sites (N-methyl/N-ethyl adjacent to an activating group) is 1. The zero-order valence-electron chi connectivity index (χ0n) is 11.4. The molecule has 1 heterocycles. The molecule has 1 aromatic rings. The van der Waals surface area contributed by atoms with Crippen LogP contribution in [0.5, 0.6) is 5.75 Å². The van der Waals surface area contributed by atoms with Crippen LogP contribution in [0.15, 0.2) is 23.1 Å². The molecule has 110 valence electrons. The van der Waals surface area contributed by atoms with Gasteiger partial charge in [-0.05, 0) is 36.4 Å². The molecule has 1 aromatic carbocycles. The van der Waals surface area contributed by atoms with Crippen molar-refractivity contribution in [3.8, 4) is 5.75 Å². The first-order valence-corrected chi connectivity index (χ1v) is 6.87. The van der Waals surface area contributed by atoms with E-state index >= 15 is 0 Å². The van der Waals surface area contributed by atoms with Gasteiger partial charge in [0.2, 0.25) is 0 Å². The number of hydrogen-bond acceptors (Lipinski definition) is 6. The first-order chi connectivity index (χ1) is 9.97. The molecular weight excluding hydrogens is 296 g/mol. The van der Waals surface area contributed by atoms with E-state index in [0.717, 1.165) is 16.7 Å². The summed E-state index contributed by atoms with van der Waals surface area (Å²) in [6.45, 7) is 2.00. The molecule has 0 bridgehead atoms. The summed E-state index contributed by atoms with van der Waals surface area (Å²) >= 11 is 0.823. The van der Waals surface area contributed by atoms with Crippen LogP contribution in [0.4, 0.5) is 10.5 Å². The summed E-state index contributed by atoms with van der Waals surface area (Å²) in [4.78, 5) is 35.3. The predicted molar refractivity (Wildman–Crippen MR) is 78.0 cm³/mol. The third-order valence-corrected chi connectivity index (χ3v) is 3.79. The standard InChI is InChI=1S/C13H12N2O5S/c1-3-14-12(16)11(21-13(14)17)7-8-4-5-10(20-2)9(6-8)15(18)19/h4-7H,3H2,1-2H3/b11-7+. The topological polar surface area (TPSA) is 89.8 Å². The zero-order valence-corrected chi connectivity index (χ0v) is 12.2. The lowest BCUT2D eigenvalue weighted by Crippen LogP contribution is -2.27. The van der Waals surface area contributed by atoms with Crippen molar-refractivity contribution < 1.29 is 19.2 Å². The van der Waals surface area contributed by atoms with Crippen LogP contribution in [-0.2, 0) is 4.79 Å². The Morgan fingerprint density at radius 1 is 1.43 bits per heavy atom. The molecule has 0 radical (unpaired) electrons. The minimum atomic E-state index is -0.562. The number of imide groups is 1. The van der Waals surface area contributed by atoms with E-state index in [9.17, 15) is 19.7 Å². The van der Waals surface area contributed by atoms with Gasteiger partial charge >= 0.3 is 5.69 Å². The molecular formula is C13H12N2O5S. The second-order valence-electron chi connectivity index (χ2n) is 4.11. The van der Waals surface area contributed by atoms with Gasteiger partial charge in [-0.15, -0.1) is 0 Å². The Hall–Kier alpha value is -2.35. The molecule has 0 spiro atoms. The fourth-order valence-corrected chi connectivity index (χ4v) is 2.77. The fraction of sp³-hybridized carbons (Fsp3) is 0.231. The van der Waals surface area contributed by atoms with E-state index < -0.39 is 4.92 Å². The van der Waals surface area contributed by atoms with Crippen LogP contribution < -0.4 is 4.74 Å². The van der Waals surface area contributed by atoms with Crippen molar-refractivity contribution in [2.24, 2.45) is 0 Å². The molecule has 1 aliphatic heterocycles. The van der Waals surface area contributed by atoms with Crippen LogP contribution in [0.1, 0.15) is 12.5 Å². The second kappa shape index (κ2) is 5.96. The van der Waals surface area contributed by atoms with Gasteiger partial charge in [0.15, 0.2) is 5.75 Å². The van der Waals surface area contributed by atoms with E-state index in [1.165, 1.54) is 25.3 Å². The molecule has 0 aliphatic carbocycles. The lowest BCUT2D eigenvalue weighted by Gasteiger charge is -2.07. The lowest BCUT2D eigenvalue weighted by atomic mass is 10.1. The molecule has 0 saturated carbocycles. The first kappa shape index (κ1) is 15.0. The number of carbonyl (C=O) groups is 2. The van der Waals surface area contributed by atoms with Crippen molar-refractivity contribution in [3.63, 3.8) is 0 Å². The smallest absolute Gasteiger partial charge is 0.311 e. The number of benzene rings is 1. The Morgan fingerprint density at radius 3 is 2.67 bits per heavy atom. The SMILES string of the molecule is CCN1C(=O)S/C(=C/c2ccc(OC)c([N+](=O)[O-])c2)C1=O. The predicted octanol–water partition coefficient (Wildman–Crippen LogP) is 2.66. The number of nitro benzene ring substituents is 1. The highest BCUT2D eigenvalue weighted by Crippen LogP contribution is 2.34. The highest BCUT2D eigenvalue weighted by atomic mass is 32.2. The highest BCUT2D eigenvalue weighted by molar-refractivity contribution is 8.18. The normalized spacial score (nSPS) is 16.7. The van der Waals surface area contributed by atoms with Crippen molar-refractivity contribution in [2.45, 2.75) is 6.92 Å². The van der Waals surface area contributed by atoms with E-state index in [-0.39, 0.29) is 27.5 Å². The van der Waals surface area contributed by atoms with Gasteiger partial charge in [0.25, 0.3) is 11.1 Å². The number of thioether (sulfide) groups is 1. The molecule has 8 heteroatoms. The number of rotatable bonds is 4. The van der Waals surface area contributed by atoms with Crippen molar-refractivity contribution in [1.82, 2.24) is 4.90 Å². The third-order valence-electron chi connectivity index (χ3n) is 2.89. The third kappa shape index (κ3) is 2.89. The maximum absolute atomic E-state index is 12.0. The van der Waals surface area contributed by atoms with Gasteiger partial charge in [-0.25, -0.2) is 0 Å². The zero-order chi connectivity index (χ0) is 15.6. The van der Waals surface area contributed by atoms with Crippen molar-refractivity contribution in [3.05, 3.63) is 38.8 Å². The fourth-order valence-electron chi connectivity index (χ4n) is 1.86. The number of carbonyl (C=O) groups excluding carboxylic acids is 2. The van der Waals surface area contributed by atoms with E-state index in [4.69, 9.17) is 4.74 Å². The first-order valence-electron chi connectivity index (χ1n) is 6.05. The molecule has 0 unspecified atom stereocenters. The number of nitro groups is 1. The summed E-state index contributed by atoms with van der Waals surface area (Å²) in [7, 11) is 1.34. The van der Waals surface area contributed by atoms with E-state index in [1.54, 1.807) is 13.0 Å². The average molecular weight is 308 g/mol. The number of hydrogen-bond donors (Lipinski definition) is 0. The number of methoxy groups -OCH3 is 1. The molecule has 0 aromatic heterocycles. The van der Waals surface area contributed by atoms with E-state index in [1.807, 2.05) is 0 Å². The molecule has 0 N–H and O–H groups in total. The largest absolute Gasteiger partial charge is 0.490 e. The van der Waals surface area contributed by atoms with Crippen LogP contribution in [0.3, 0.4) is 0 Å². The molecule has 0 atom stereocenters. The van der Waals surface area contributed by atoms with Crippen LogP contribution in [-0.4, -0.2) is 34.6 Å². The molecule has 2 rings (SSSR count). The summed E-state index contributed by atoms with van der Waals surface area (Å²) in [6.07, 6.45) is 1.47. The van der Waals surface area contributed by atoms with Gasteiger partial charge in [0.1, 0.15) is 0 Å². The van der Waals surface area contributed by atoms with E-state index in [0.29, 0.717) is 12.1 Å². The van der Waals surface area contributed by atoms with Crippen molar-refractivity contribution >= 4 is 34.7 Å². The Bertz CT molecular complexity index is 656. The highest BCUT2D eigenvalue weighted by Gasteiger charge is 2.33. The van der Waals surface area contributed by atoms with Gasteiger partial charge in [-0.1, -0.05) is 6.07 Å². The summed E-state index contributed by atoms with van der Waals surface area (Å²) in [5.74, 6) is -0.246. The maximum atomic E-state index is 12.0. The van der Waals surface area contributed by atoms with Crippen LogP contribution in [0.25, 0.3) is 6.08 Å². The maximum Gasteiger partial charge on any atom is 0.311 e. The molecule has 1 saturated heterocycles. The lowest BCUT2D eigenvalue weighted by molar-refractivity contribution is -0.385. The Kier molecular flexibility index (Phi) is 4.27. The van der Waals surface area contributed by atoms with Crippen LogP contribution in [0.2, 0.25) is 0 Å². The van der Waals surface area contributed by atoms with Crippen LogP contribution in [0, 0.1) is 10.1 Å². The Morgan fingerprint density at radius 2 is 2.14 bits per heavy atom. The Balaban J connectivity index is 2.38. The molecule has 7 nitrogen and oxygen atoms in total. The quantitative estimate of drug-likeness (QED) is 0.482. The molecule has 2 amide bonds. The van der Waals surface area contributed by atoms with Gasteiger partial charge in [0, 0.05) is 12.6 Å². The second-order valence-corrected chi connectivity index (χ2v) is 5.11. The van der Waals surface area contributed by atoms with Gasteiger partial charge < -0.3 is 4.74 Å². The minimum absolute atomic E-state index is 0.138. The molecule has 21 heavy (non-hydrogen) atoms. The van der Waals surface area contributed by atoms with Gasteiger partial charge in [-0.2, -0.15) is 0 Å². The van der Waals surface area contributed by atoms with Gasteiger partial charge in [-0.3, -0.25) is 24.6 Å². The monoisotopic (exact) mass is 308 g/mol. The van der Waals surface area contributed by atoms with Crippen molar-refractivity contribution in [2.75, 3.05) is 13.7 Å². The van der Waals surface area contributed by atoms with Crippen molar-refractivity contribution in [1.29, 1.82) is 0 Å². The summed E-state index contributed by atoms with van der Waals surface area (Å²) in [6, 6.07) is 4.35. The molecule has 1 fully saturated rings. The molecule has 1 aliphatic rings.